The van der Waals surface area contributed by atoms with Gasteiger partial charge in [0.1, 0.15) is 0 Å². The Hall–Kier alpha value is -4.10. The van der Waals surface area contributed by atoms with Crippen molar-refractivity contribution in [2.24, 2.45) is 0 Å². The van der Waals surface area contributed by atoms with Gasteiger partial charge in [0.05, 0.1) is 10.8 Å². The van der Waals surface area contributed by atoms with Gasteiger partial charge in [-0.2, -0.15) is 0 Å². The lowest BCUT2D eigenvalue weighted by atomic mass is 9.86. The quantitative estimate of drug-likeness (QED) is 0.221. The third-order valence-electron chi connectivity index (χ3n) is 8.08. The molecule has 0 saturated carbocycles. The average molecular weight is 505 g/mol. The largest absolute Gasteiger partial charge is 0.272 e. The van der Waals surface area contributed by atoms with Crippen LogP contribution in [-0.4, -0.2) is 9.13 Å². The summed E-state index contributed by atoms with van der Waals surface area (Å²) < 4.78 is 4.56. The molecule has 0 aliphatic carbocycles. The van der Waals surface area contributed by atoms with Crippen LogP contribution in [0.15, 0.2) is 55.6 Å². The zero-order chi connectivity index (χ0) is 25.7. The van der Waals surface area contributed by atoms with Crippen molar-refractivity contribution in [1.82, 2.24) is 9.13 Å². The van der Waals surface area contributed by atoms with E-state index in [-0.39, 0.29) is 34.3 Å². The van der Waals surface area contributed by atoms with E-state index < -0.39 is 0 Å². The van der Waals surface area contributed by atoms with E-state index in [2.05, 4.69) is 0 Å². The van der Waals surface area contributed by atoms with Gasteiger partial charge in [0.2, 0.25) is 0 Å². The van der Waals surface area contributed by atoms with Crippen LogP contribution in [0.4, 0.5) is 0 Å². The van der Waals surface area contributed by atoms with E-state index in [1.54, 1.807) is 11.3 Å². The normalized spacial score (nSPS) is 13.2. The molecule has 5 aromatic carbocycles. The van der Waals surface area contributed by atoms with Crippen molar-refractivity contribution in [3.8, 4) is 0 Å². The summed E-state index contributed by atoms with van der Waals surface area (Å²) in [5.41, 5.74) is -1.10. The molecule has 0 radical (unpaired) electrons. The molecule has 3 heterocycles. The predicted octanol–water partition coefficient (Wildman–Crippen LogP) is 5.78. The smallest absolute Gasteiger partial charge is 0.261 e. The number of hydrogen-bond acceptors (Lipinski definition) is 5. The fourth-order valence-electron chi connectivity index (χ4n) is 6.64. The van der Waals surface area contributed by atoms with Gasteiger partial charge in [-0.15, -0.1) is 11.3 Å². The SMILES string of the molecule is CC(C)n1c(=O)c2ccc3c4ccc5c(=O)n(C(C)C)c(=O)c6cc7sc8cc(c1=O)c2c3c8c7c4c56. The molecule has 0 amide bonds. The second-order valence-corrected chi connectivity index (χ2v) is 11.7. The van der Waals surface area contributed by atoms with Gasteiger partial charge in [-0.25, -0.2) is 0 Å². The van der Waals surface area contributed by atoms with Crippen LogP contribution in [0.3, 0.4) is 0 Å². The second-order valence-electron chi connectivity index (χ2n) is 10.7. The van der Waals surface area contributed by atoms with Gasteiger partial charge >= 0.3 is 0 Å². The van der Waals surface area contributed by atoms with Crippen LogP contribution in [0.1, 0.15) is 39.8 Å². The first kappa shape index (κ1) is 21.0. The highest BCUT2D eigenvalue weighted by Crippen LogP contribution is 2.50. The van der Waals surface area contributed by atoms with Crippen LogP contribution in [0, 0.1) is 0 Å². The molecule has 0 N–H and O–H groups in total. The Morgan fingerprint density at radius 3 is 1.22 bits per heavy atom. The van der Waals surface area contributed by atoms with Crippen LogP contribution in [0.2, 0.25) is 0 Å². The van der Waals surface area contributed by atoms with Crippen molar-refractivity contribution >= 4 is 85.4 Å². The van der Waals surface area contributed by atoms with Crippen LogP contribution in [-0.2, 0) is 0 Å². The van der Waals surface area contributed by atoms with E-state index in [4.69, 9.17) is 0 Å². The van der Waals surface area contributed by atoms with Crippen LogP contribution >= 0.6 is 11.3 Å². The van der Waals surface area contributed by atoms with E-state index in [0.717, 1.165) is 41.7 Å². The monoisotopic (exact) mass is 504 g/mol. The van der Waals surface area contributed by atoms with Crippen LogP contribution < -0.4 is 22.2 Å². The first-order chi connectivity index (χ1) is 17.7. The van der Waals surface area contributed by atoms with Crippen LogP contribution in [0.5, 0.6) is 0 Å². The average Bonchev–Trinajstić information content (AvgIpc) is 3.23. The molecule has 0 aliphatic heterocycles. The number of rotatable bonds is 2. The summed E-state index contributed by atoms with van der Waals surface area (Å²) in [4.78, 5) is 54.0. The third-order valence-corrected chi connectivity index (χ3v) is 9.17. The maximum atomic E-state index is 13.6. The lowest BCUT2D eigenvalue weighted by Gasteiger charge is -2.19. The molecule has 6 nitrogen and oxygen atoms in total. The minimum Gasteiger partial charge on any atom is -0.272 e. The summed E-state index contributed by atoms with van der Waals surface area (Å²) in [6.07, 6.45) is 0. The van der Waals surface area contributed by atoms with E-state index in [1.807, 2.05) is 64.1 Å². The van der Waals surface area contributed by atoms with Gasteiger partial charge in [0, 0.05) is 64.6 Å². The molecule has 0 atom stereocenters. The van der Waals surface area contributed by atoms with Crippen molar-refractivity contribution in [3.05, 3.63) is 77.8 Å². The number of fused-ring (bicyclic) bond motifs is 1. The van der Waals surface area contributed by atoms with Crippen molar-refractivity contribution in [1.29, 1.82) is 0 Å². The maximum absolute atomic E-state index is 13.6. The molecular formula is C30H20N2O4S. The lowest BCUT2D eigenvalue weighted by Crippen LogP contribution is -2.34. The molecule has 3 aromatic heterocycles. The number of aromatic nitrogens is 2. The Labute approximate surface area is 211 Å². The third kappa shape index (κ3) is 2.20. The Kier molecular flexibility index (Phi) is 3.65. The number of nitrogens with zero attached hydrogens (tertiary/aromatic N) is 2. The van der Waals surface area contributed by atoms with Gasteiger partial charge < -0.3 is 0 Å². The minimum atomic E-state index is -0.276. The van der Waals surface area contributed by atoms with Crippen molar-refractivity contribution in [2.45, 2.75) is 39.8 Å². The molecule has 0 unspecified atom stereocenters. The molecule has 7 heteroatoms. The van der Waals surface area contributed by atoms with Gasteiger partial charge in [0.25, 0.3) is 22.2 Å². The van der Waals surface area contributed by atoms with Gasteiger partial charge in [-0.1, -0.05) is 12.1 Å². The lowest BCUT2D eigenvalue weighted by molar-refractivity contribution is 0.568. The standard InChI is InChI=1S/C30H20N2O4S/c1-11(2)31-27(33)15-7-5-13-14-6-8-16-22-18(30(36)32(12(3)4)28(16)34)10-20-26(24(14)22)25-19(37-20)9-17(29(31)35)21(15)23(13)25/h5-12H,1-4H3. The van der Waals surface area contributed by atoms with Crippen molar-refractivity contribution < 1.29 is 0 Å². The molecular weight excluding hydrogens is 484 g/mol. The summed E-state index contributed by atoms with van der Waals surface area (Å²) in [6.45, 7) is 7.39. The molecule has 0 fully saturated rings. The first-order valence-electron chi connectivity index (χ1n) is 12.4. The molecule has 0 aliphatic rings. The van der Waals surface area contributed by atoms with E-state index in [0.29, 0.717) is 32.3 Å². The molecule has 180 valence electrons. The van der Waals surface area contributed by atoms with Gasteiger partial charge in [0.15, 0.2) is 0 Å². The molecule has 0 bridgehead atoms. The fourth-order valence-corrected chi connectivity index (χ4v) is 7.84. The number of thiophene rings is 1. The summed E-state index contributed by atoms with van der Waals surface area (Å²) >= 11 is 1.55. The summed E-state index contributed by atoms with van der Waals surface area (Å²) in [5.74, 6) is 0. The van der Waals surface area contributed by atoms with Crippen molar-refractivity contribution in [2.75, 3.05) is 0 Å². The highest BCUT2D eigenvalue weighted by atomic mass is 32.1. The number of hydrogen-bond donors (Lipinski definition) is 0. The zero-order valence-electron chi connectivity index (χ0n) is 20.6. The molecule has 8 aromatic rings. The first-order valence-corrected chi connectivity index (χ1v) is 13.2. The number of benzene rings is 5. The highest BCUT2D eigenvalue weighted by Gasteiger charge is 2.27. The molecule has 8 rings (SSSR count). The maximum Gasteiger partial charge on any atom is 0.261 e. The van der Waals surface area contributed by atoms with Gasteiger partial charge in [-0.05, 0) is 62.7 Å². The fraction of sp³-hybridized carbons (Fsp3) is 0.200. The summed E-state index contributed by atoms with van der Waals surface area (Å²) in [5, 5.41) is 9.22. The molecule has 0 spiro atoms. The zero-order valence-corrected chi connectivity index (χ0v) is 21.4. The van der Waals surface area contributed by atoms with E-state index in [9.17, 15) is 19.2 Å². The number of pyridine rings is 2. The Bertz CT molecular complexity index is 2320. The second kappa shape index (κ2) is 6.42. The Morgan fingerprint density at radius 2 is 0.838 bits per heavy atom. The van der Waals surface area contributed by atoms with E-state index >= 15 is 0 Å². The van der Waals surface area contributed by atoms with Crippen molar-refractivity contribution in [3.63, 3.8) is 0 Å². The molecule has 37 heavy (non-hydrogen) atoms. The summed E-state index contributed by atoms with van der Waals surface area (Å²) in [7, 11) is 0. The molecule has 0 saturated heterocycles. The highest BCUT2D eigenvalue weighted by molar-refractivity contribution is 7.26. The topological polar surface area (TPSA) is 78.1 Å². The Morgan fingerprint density at radius 1 is 0.486 bits per heavy atom. The van der Waals surface area contributed by atoms with Crippen LogP contribution in [0.25, 0.3) is 74.0 Å². The minimum absolute atomic E-state index is 0.260. The summed E-state index contributed by atoms with van der Waals surface area (Å²) in [6, 6.07) is 10.8. The Balaban J connectivity index is 1.77. The predicted molar refractivity (Wildman–Crippen MR) is 153 cm³/mol. The van der Waals surface area contributed by atoms with Gasteiger partial charge in [-0.3, -0.25) is 28.3 Å². The van der Waals surface area contributed by atoms with E-state index in [1.165, 1.54) is 9.13 Å².